The van der Waals surface area contributed by atoms with Gasteiger partial charge >= 0.3 is 0 Å². The van der Waals surface area contributed by atoms with Crippen molar-refractivity contribution in [3.05, 3.63) is 33.9 Å². The zero-order chi connectivity index (χ0) is 14.1. The van der Waals surface area contributed by atoms with Crippen LogP contribution in [0.2, 0.25) is 0 Å². The minimum Gasteiger partial charge on any atom is -0.497 e. The summed E-state index contributed by atoms with van der Waals surface area (Å²) in [6, 6.07) is 5.74. The molecule has 0 unspecified atom stereocenters. The molecule has 104 valence electrons. The summed E-state index contributed by atoms with van der Waals surface area (Å²) in [5.74, 6) is 7.74. The molecule has 0 spiro atoms. The number of hydrogen-bond donors (Lipinski definition) is 2. The molecule has 3 N–H and O–H groups in total. The highest BCUT2D eigenvalue weighted by atomic mass is 79.9. The highest BCUT2D eigenvalue weighted by Gasteiger charge is 2.20. The zero-order valence-corrected chi connectivity index (χ0v) is 12.7. The Morgan fingerprint density at radius 1 is 1.30 bits per heavy atom. The molecule has 1 aromatic heterocycles. The molecular formula is C14H15BrN4O. The van der Waals surface area contributed by atoms with Crippen LogP contribution in [0.1, 0.15) is 17.7 Å². The lowest BCUT2D eigenvalue weighted by atomic mass is 10.1. The van der Waals surface area contributed by atoms with E-state index in [2.05, 4.69) is 31.3 Å². The summed E-state index contributed by atoms with van der Waals surface area (Å²) < 4.78 is 6.19. The Morgan fingerprint density at radius 2 is 2.15 bits per heavy atom. The summed E-state index contributed by atoms with van der Waals surface area (Å²) >= 11 is 3.54. The van der Waals surface area contributed by atoms with E-state index in [1.165, 1.54) is 0 Å². The Kier molecular flexibility index (Phi) is 3.58. The number of benzene rings is 1. The molecule has 2 aromatic rings. The van der Waals surface area contributed by atoms with E-state index in [0.29, 0.717) is 5.82 Å². The van der Waals surface area contributed by atoms with Crippen molar-refractivity contribution >= 4 is 21.7 Å². The zero-order valence-electron chi connectivity index (χ0n) is 11.1. The smallest absolute Gasteiger partial charge is 0.163 e. The van der Waals surface area contributed by atoms with Crippen LogP contribution in [-0.2, 0) is 12.8 Å². The number of fused-ring (bicyclic) bond motifs is 1. The normalized spacial score (nSPS) is 13.2. The molecule has 1 heterocycles. The van der Waals surface area contributed by atoms with E-state index in [1.54, 1.807) is 7.11 Å². The minimum atomic E-state index is 0.657. The average Bonchev–Trinajstić information content (AvgIpc) is 2.95. The molecule has 20 heavy (non-hydrogen) atoms. The maximum absolute atomic E-state index is 5.59. The van der Waals surface area contributed by atoms with Gasteiger partial charge in [0.2, 0.25) is 0 Å². The van der Waals surface area contributed by atoms with Gasteiger partial charge in [-0.3, -0.25) is 0 Å². The fourth-order valence-corrected chi connectivity index (χ4v) is 2.90. The van der Waals surface area contributed by atoms with Gasteiger partial charge in [-0.2, -0.15) is 0 Å². The van der Waals surface area contributed by atoms with Gasteiger partial charge in [0, 0.05) is 21.3 Å². The summed E-state index contributed by atoms with van der Waals surface area (Å²) in [6.07, 6.45) is 3.05. The Labute approximate surface area is 125 Å². The third kappa shape index (κ3) is 2.25. The molecule has 5 nitrogen and oxygen atoms in total. The number of ether oxygens (including phenoxy) is 1. The number of nitrogens with zero attached hydrogens (tertiary/aromatic N) is 2. The molecule has 1 aromatic carbocycles. The molecule has 0 saturated carbocycles. The molecule has 0 fully saturated rings. The first-order chi connectivity index (χ1) is 9.72. The SMILES string of the molecule is COc1ccc(Br)c(-c2nc3c(c(NN)n2)CCC3)c1. The maximum atomic E-state index is 5.59. The largest absolute Gasteiger partial charge is 0.497 e. The Morgan fingerprint density at radius 3 is 2.90 bits per heavy atom. The summed E-state index contributed by atoms with van der Waals surface area (Å²) in [7, 11) is 1.64. The molecule has 0 amide bonds. The third-order valence-electron chi connectivity index (χ3n) is 3.48. The van der Waals surface area contributed by atoms with E-state index in [4.69, 9.17) is 10.6 Å². The first kappa shape index (κ1) is 13.3. The number of hydrazine groups is 1. The summed E-state index contributed by atoms with van der Waals surface area (Å²) in [5, 5.41) is 0. The van der Waals surface area contributed by atoms with E-state index < -0.39 is 0 Å². The van der Waals surface area contributed by atoms with Gasteiger partial charge in [-0.25, -0.2) is 15.8 Å². The van der Waals surface area contributed by atoms with Gasteiger partial charge in [0.15, 0.2) is 5.82 Å². The van der Waals surface area contributed by atoms with Gasteiger partial charge in [-0.05, 0) is 37.5 Å². The monoisotopic (exact) mass is 334 g/mol. The molecule has 0 radical (unpaired) electrons. The highest BCUT2D eigenvalue weighted by molar-refractivity contribution is 9.10. The number of anilines is 1. The summed E-state index contributed by atoms with van der Waals surface area (Å²) in [4.78, 5) is 9.21. The molecule has 0 bridgehead atoms. The predicted octanol–water partition coefficient (Wildman–Crippen LogP) is 2.69. The second-order valence-electron chi connectivity index (χ2n) is 4.66. The molecule has 3 rings (SSSR count). The Hall–Kier alpha value is -1.66. The fourth-order valence-electron chi connectivity index (χ4n) is 2.48. The van der Waals surface area contributed by atoms with Gasteiger partial charge < -0.3 is 10.2 Å². The topological polar surface area (TPSA) is 73.1 Å². The van der Waals surface area contributed by atoms with E-state index in [0.717, 1.165) is 52.1 Å². The molecule has 0 saturated heterocycles. The first-order valence-corrected chi connectivity index (χ1v) is 7.22. The third-order valence-corrected chi connectivity index (χ3v) is 4.18. The first-order valence-electron chi connectivity index (χ1n) is 6.43. The number of aromatic nitrogens is 2. The van der Waals surface area contributed by atoms with Crippen molar-refractivity contribution in [1.29, 1.82) is 0 Å². The number of rotatable bonds is 3. The van der Waals surface area contributed by atoms with Crippen LogP contribution in [0, 0.1) is 0 Å². The van der Waals surface area contributed by atoms with Gasteiger partial charge in [0.1, 0.15) is 11.6 Å². The number of halogens is 1. The molecule has 1 aliphatic carbocycles. The summed E-state index contributed by atoms with van der Waals surface area (Å²) in [5.41, 5.74) is 5.80. The maximum Gasteiger partial charge on any atom is 0.163 e. The van der Waals surface area contributed by atoms with Crippen molar-refractivity contribution in [3.63, 3.8) is 0 Å². The number of aryl methyl sites for hydroxylation is 1. The minimum absolute atomic E-state index is 0.657. The Balaban J connectivity index is 2.15. The lowest BCUT2D eigenvalue weighted by Crippen LogP contribution is -2.13. The van der Waals surface area contributed by atoms with E-state index in [1.807, 2.05) is 18.2 Å². The highest BCUT2D eigenvalue weighted by Crippen LogP contribution is 2.33. The number of methoxy groups -OCH3 is 1. The van der Waals surface area contributed by atoms with Crippen LogP contribution in [0.25, 0.3) is 11.4 Å². The lowest BCUT2D eigenvalue weighted by Gasteiger charge is -2.11. The van der Waals surface area contributed by atoms with Crippen LogP contribution in [-0.4, -0.2) is 17.1 Å². The van der Waals surface area contributed by atoms with Crippen LogP contribution in [0.15, 0.2) is 22.7 Å². The van der Waals surface area contributed by atoms with Crippen LogP contribution in [0.4, 0.5) is 5.82 Å². The van der Waals surface area contributed by atoms with Gasteiger partial charge in [0.05, 0.1) is 7.11 Å². The molecule has 0 atom stereocenters. The number of nitrogens with two attached hydrogens (primary N) is 1. The van der Waals surface area contributed by atoms with Gasteiger partial charge in [-0.15, -0.1) is 0 Å². The number of nitrogens with one attached hydrogen (secondary N) is 1. The predicted molar refractivity (Wildman–Crippen MR) is 81.6 cm³/mol. The average molecular weight is 335 g/mol. The molecular weight excluding hydrogens is 320 g/mol. The van der Waals surface area contributed by atoms with Crippen LogP contribution < -0.4 is 16.0 Å². The lowest BCUT2D eigenvalue weighted by molar-refractivity contribution is 0.415. The van der Waals surface area contributed by atoms with Crippen molar-refractivity contribution in [2.75, 3.05) is 12.5 Å². The standard InChI is InChI=1S/C14H15BrN4O/c1-20-8-5-6-11(15)10(7-8)13-17-12-4-2-3-9(12)14(18-13)19-16/h5-7H,2-4,16H2,1H3,(H,17,18,19). The van der Waals surface area contributed by atoms with Crippen molar-refractivity contribution in [3.8, 4) is 17.1 Å². The van der Waals surface area contributed by atoms with Gasteiger partial charge in [-0.1, -0.05) is 15.9 Å². The molecule has 1 aliphatic rings. The van der Waals surface area contributed by atoms with Crippen molar-refractivity contribution in [2.45, 2.75) is 19.3 Å². The molecule has 0 aliphatic heterocycles. The van der Waals surface area contributed by atoms with Gasteiger partial charge in [0.25, 0.3) is 0 Å². The second-order valence-corrected chi connectivity index (χ2v) is 5.52. The van der Waals surface area contributed by atoms with Crippen molar-refractivity contribution < 1.29 is 4.74 Å². The van der Waals surface area contributed by atoms with Crippen LogP contribution in [0.5, 0.6) is 5.75 Å². The fraction of sp³-hybridized carbons (Fsp3) is 0.286. The number of hydrogen-bond acceptors (Lipinski definition) is 5. The van der Waals surface area contributed by atoms with Crippen LogP contribution >= 0.6 is 15.9 Å². The van der Waals surface area contributed by atoms with Crippen LogP contribution in [0.3, 0.4) is 0 Å². The van der Waals surface area contributed by atoms with E-state index >= 15 is 0 Å². The van der Waals surface area contributed by atoms with Crippen molar-refractivity contribution in [1.82, 2.24) is 9.97 Å². The quantitative estimate of drug-likeness (QED) is 0.666. The van der Waals surface area contributed by atoms with E-state index in [-0.39, 0.29) is 0 Å². The van der Waals surface area contributed by atoms with Crippen molar-refractivity contribution in [2.24, 2.45) is 5.84 Å². The second kappa shape index (κ2) is 5.38. The van der Waals surface area contributed by atoms with E-state index in [9.17, 15) is 0 Å². The summed E-state index contributed by atoms with van der Waals surface area (Å²) in [6.45, 7) is 0. The number of nitrogen functional groups attached to an aromatic ring is 1. The molecule has 6 heteroatoms. The Bertz CT molecular complexity index is 660.